The minimum absolute atomic E-state index is 0.00653. The lowest BCUT2D eigenvalue weighted by Crippen LogP contribution is -2.47. The first kappa shape index (κ1) is 14.2. The molecule has 5 nitrogen and oxygen atoms in total. The average molecular weight is 272 g/mol. The van der Waals surface area contributed by atoms with Crippen molar-refractivity contribution < 1.29 is 4.79 Å². The number of para-hydroxylation sites is 1. The van der Waals surface area contributed by atoms with Crippen LogP contribution in [0.3, 0.4) is 0 Å². The van der Waals surface area contributed by atoms with E-state index in [-0.39, 0.29) is 18.1 Å². The summed E-state index contributed by atoms with van der Waals surface area (Å²) in [5, 5.41) is 3.79. The molecular weight excluding hydrogens is 252 g/mol. The molecule has 0 saturated heterocycles. The highest BCUT2D eigenvalue weighted by Gasteiger charge is 2.22. The van der Waals surface area contributed by atoms with E-state index in [9.17, 15) is 4.79 Å². The van der Waals surface area contributed by atoms with E-state index in [1.54, 1.807) is 4.90 Å². The lowest BCUT2D eigenvalue weighted by Gasteiger charge is -2.27. The maximum atomic E-state index is 12.4. The van der Waals surface area contributed by atoms with Gasteiger partial charge in [-0.25, -0.2) is 14.8 Å². The number of hydrogen-bond donors (Lipinski definition) is 1. The minimum Gasteiger partial charge on any atom is -0.335 e. The Morgan fingerprint density at radius 1 is 1.15 bits per heavy atom. The van der Waals surface area contributed by atoms with E-state index in [2.05, 4.69) is 15.3 Å². The molecule has 5 heteroatoms. The topological polar surface area (TPSA) is 58.1 Å². The number of carbonyl (C=O) groups is 1. The number of urea groups is 1. The smallest absolute Gasteiger partial charge is 0.323 e. The zero-order chi connectivity index (χ0) is 14.7. The Kier molecular flexibility index (Phi) is 4.17. The second kappa shape index (κ2) is 5.86. The molecule has 0 spiro atoms. The molecule has 2 amide bonds. The second-order valence-corrected chi connectivity index (χ2v) is 5.28. The van der Waals surface area contributed by atoms with Gasteiger partial charge in [0.2, 0.25) is 0 Å². The first-order valence-corrected chi connectivity index (χ1v) is 6.80. The van der Waals surface area contributed by atoms with Crippen LogP contribution < -0.4 is 10.2 Å². The molecule has 20 heavy (non-hydrogen) atoms. The number of amides is 2. The maximum absolute atomic E-state index is 12.4. The Morgan fingerprint density at radius 3 is 2.50 bits per heavy atom. The van der Waals surface area contributed by atoms with E-state index in [0.717, 1.165) is 10.9 Å². The van der Waals surface area contributed by atoms with Crippen LogP contribution in [0.4, 0.5) is 10.6 Å². The summed E-state index contributed by atoms with van der Waals surface area (Å²) in [5.74, 6) is 0.642. The molecule has 0 unspecified atom stereocenters. The number of nitrogens with one attached hydrogen (secondary N) is 1. The van der Waals surface area contributed by atoms with E-state index in [1.807, 2.05) is 52.0 Å². The summed E-state index contributed by atoms with van der Waals surface area (Å²) in [6.07, 6.45) is 1.50. The van der Waals surface area contributed by atoms with Crippen molar-refractivity contribution in [3.63, 3.8) is 0 Å². The van der Waals surface area contributed by atoms with Crippen LogP contribution in [0.1, 0.15) is 27.7 Å². The summed E-state index contributed by atoms with van der Waals surface area (Å²) in [7, 11) is 0. The fraction of sp³-hybridized carbons (Fsp3) is 0.400. The van der Waals surface area contributed by atoms with E-state index in [0.29, 0.717) is 5.82 Å². The van der Waals surface area contributed by atoms with Crippen LogP contribution in [0.2, 0.25) is 0 Å². The number of carbonyl (C=O) groups excluding carboxylic acids is 1. The summed E-state index contributed by atoms with van der Waals surface area (Å²) >= 11 is 0. The van der Waals surface area contributed by atoms with Crippen molar-refractivity contribution in [2.75, 3.05) is 4.90 Å². The van der Waals surface area contributed by atoms with Crippen LogP contribution in [-0.2, 0) is 0 Å². The highest BCUT2D eigenvalue weighted by atomic mass is 16.2. The number of hydrogen-bond acceptors (Lipinski definition) is 3. The molecule has 1 aromatic carbocycles. The molecule has 106 valence electrons. The second-order valence-electron chi connectivity index (χ2n) is 5.28. The number of nitrogens with zero attached hydrogens (tertiary/aromatic N) is 3. The Hall–Kier alpha value is -2.17. The van der Waals surface area contributed by atoms with Crippen LogP contribution in [0.15, 0.2) is 30.6 Å². The van der Waals surface area contributed by atoms with Gasteiger partial charge in [-0.1, -0.05) is 12.1 Å². The SMILES string of the molecule is CC(C)NC(=O)N(c1ncnc2ccccc12)C(C)C. The lowest BCUT2D eigenvalue weighted by molar-refractivity contribution is 0.242. The van der Waals surface area contributed by atoms with Crippen LogP contribution >= 0.6 is 0 Å². The molecule has 0 aliphatic carbocycles. The van der Waals surface area contributed by atoms with E-state index >= 15 is 0 Å². The van der Waals surface area contributed by atoms with Gasteiger partial charge in [0, 0.05) is 17.5 Å². The quantitative estimate of drug-likeness (QED) is 0.934. The van der Waals surface area contributed by atoms with Gasteiger partial charge in [0.15, 0.2) is 0 Å². The summed E-state index contributed by atoms with van der Waals surface area (Å²) in [5.41, 5.74) is 0.834. The number of aromatic nitrogens is 2. The third-order valence-electron chi connectivity index (χ3n) is 2.90. The third-order valence-corrected chi connectivity index (χ3v) is 2.90. The van der Waals surface area contributed by atoms with Gasteiger partial charge in [-0.05, 0) is 39.8 Å². The molecule has 0 bridgehead atoms. The number of fused-ring (bicyclic) bond motifs is 1. The molecule has 1 heterocycles. The minimum atomic E-state index is -0.140. The van der Waals surface area contributed by atoms with Crippen LogP contribution in [0, 0.1) is 0 Å². The third kappa shape index (κ3) is 2.87. The zero-order valence-corrected chi connectivity index (χ0v) is 12.3. The summed E-state index contributed by atoms with van der Waals surface area (Å²) in [6, 6.07) is 7.64. The Balaban J connectivity index is 2.50. The average Bonchev–Trinajstić information content (AvgIpc) is 2.38. The normalized spacial score (nSPS) is 11.1. The number of anilines is 1. The first-order valence-electron chi connectivity index (χ1n) is 6.80. The highest BCUT2D eigenvalue weighted by molar-refractivity contribution is 6.00. The van der Waals surface area contributed by atoms with E-state index < -0.39 is 0 Å². The molecule has 2 rings (SSSR count). The van der Waals surface area contributed by atoms with Gasteiger partial charge in [0.1, 0.15) is 12.1 Å². The number of benzene rings is 1. The van der Waals surface area contributed by atoms with Crippen LogP contribution in [0.5, 0.6) is 0 Å². The van der Waals surface area contributed by atoms with Crippen molar-refractivity contribution in [1.82, 2.24) is 15.3 Å². The van der Waals surface area contributed by atoms with Gasteiger partial charge in [-0.15, -0.1) is 0 Å². The fourth-order valence-corrected chi connectivity index (χ4v) is 2.07. The molecule has 0 saturated carbocycles. The predicted octanol–water partition coefficient (Wildman–Crippen LogP) is 2.96. The summed E-state index contributed by atoms with van der Waals surface area (Å²) < 4.78 is 0. The van der Waals surface area contributed by atoms with Gasteiger partial charge in [-0.2, -0.15) is 0 Å². The molecular formula is C15H20N4O. The zero-order valence-electron chi connectivity index (χ0n) is 12.3. The Labute approximate surface area is 119 Å². The molecule has 1 aromatic heterocycles. The van der Waals surface area contributed by atoms with Crippen molar-refractivity contribution in [3.8, 4) is 0 Å². The van der Waals surface area contributed by atoms with Gasteiger partial charge < -0.3 is 5.32 Å². The van der Waals surface area contributed by atoms with E-state index in [1.165, 1.54) is 6.33 Å². The molecule has 1 N–H and O–H groups in total. The van der Waals surface area contributed by atoms with Crippen molar-refractivity contribution in [2.24, 2.45) is 0 Å². The van der Waals surface area contributed by atoms with Crippen molar-refractivity contribution in [3.05, 3.63) is 30.6 Å². The van der Waals surface area contributed by atoms with Gasteiger partial charge in [-0.3, -0.25) is 4.90 Å². The molecule has 2 aromatic rings. The van der Waals surface area contributed by atoms with E-state index in [4.69, 9.17) is 0 Å². The van der Waals surface area contributed by atoms with Crippen molar-refractivity contribution in [1.29, 1.82) is 0 Å². The van der Waals surface area contributed by atoms with Gasteiger partial charge in [0.25, 0.3) is 0 Å². The molecule has 0 fully saturated rings. The Morgan fingerprint density at radius 2 is 1.85 bits per heavy atom. The van der Waals surface area contributed by atoms with Gasteiger partial charge in [0.05, 0.1) is 5.52 Å². The monoisotopic (exact) mass is 272 g/mol. The van der Waals surface area contributed by atoms with Crippen LogP contribution in [0.25, 0.3) is 10.9 Å². The summed E-state index contributed by atoms with van der Waals surface area (Å²) in [4.78, 5) is 22.6. The van der Waals surface area contributed by atoms with Crippen LogP contribution in [-0.4, -0.2) is 28.1 Å². The maximum Gasteiger partial charge on any atom is 0.323 e. The summed E-state index contributed by atoms with van der Waals surface area (Å²) in [6.45, 7) is 7.82. The molecule has 0 aliphatic rings. The first-order chi connectivity index (χ1) is 9.50. The van der Waals surface area contributed by atoms with Crippen molar-refractivity contribution in [2.45, 2.75) is 39.8 Å². The fourth-order valence-electron chi connectivity index (χ4n) is 2.07. The predicted molar refractivity (Wildman–Crippen MR) is 80.8 cm³/mol. The standard InChI is InChI=1S/C15H20N4O/c1-10(2)18-15(20)19(11(3)4)14-12-7-5-6-8-13(12)16-9-17-14/h5-11H,1-4H3,(H,18,20). The molecule has 0 radical (unpaired) electrons. The highest BCUT2D eigenvalue weighted by Crippen LogP contribution is 2.24. The Bertz CT molecular complexity index is 604. The molecule has 0 aliphatic heterocycles. The largest absolute Gasteiger partial charge is 0.335 e. The lowest BCUT2D eigenvalue weighted by atomic mass is 10.2. The number of rotatable bonds is 3. The van der Waals surface area contributed by atoms with Crippen molar-refractivity contribution >= 4 is 22.8 Å². The van der Waals surface area contributed by atoms with Gasteiger partial charge >= 0.3 is 6.03 Å². The molecule has 0 atom stereocenters.